The minimum absolute atomic E-state index is 0.0203. The number of furan rings is 1. The highest BCUT2D eigenvalue weighted by Gasteiger charge is 2.44. The number of aliphatic hydroxyl groups excluding tert-OH is 1. The maximum absolute atomic E-state index is 13.0. The van der Waals surface area contributed by atoms with E-state index in [4.69, 9.17) is 13.9 Å². The number of methoxy groups -OCH3 is 1. The normalized spacial score (nSPS) is 16.6. The van der Waals surface area contributed by atoms with Crippen LogP contribution in [0.4, 0.5) is 0 Å². The summed E-state index contributed by atoms with van der Waals surface area (Å²) in [4.78, 5) is 27.2. The molecular weight excluding hydrogens is 378 g/mol. The summed E-state index contributed by atoms with van der Waals surface area (Å²) in [5.74, 6) is -1.65. The quantitative estimate of drug-likeness (QED) is 0.491. The Hall–Kier alpha value is -3.26. The van der Waals surface area contributed by atoms with Crippen LogP contribution in [-0.4, -0.2) is 53.7 Å². The topological polar surface area (TPSA) is 109 Å². The molecule has 0 unspecified atom stereocenters. The van der Waals surface area contributed by atoms with Crippen molar-refractivity contribution in [2.45, 2.75) is 19.4 Å². The van der Waals surface area contributed by atoms with Crippen LogP contribution in [0.3, 0.4) is 0 Å². The molecule has 2 N–H and O–H groups in total. The van der Waals surface area contributed by atoms with E-state index < -0.39 is 23.5 Å². The maximum Gasteiger partial charge on any atom is 0.290 e. The Labute approximate surface area is 168 Å². The second-order valence-corrected chi connectivity index (χ2v) is 6.48. The van der Waals surface area contributed by atoms with Gasteiger partial charge in [0, 0.05) is 20.3 Å². The highest BCUT2D eigenvalue weighted by molar-refractivity contribution is 6.15. The van der Waals surface area contributed by atoms with Crippen molar-refractivity contribution in [2.75, 3.05) is 26.9 Å². The number of nitrogens with zero attached hydrogens (tertiary/aromatic N) is 1. The van der Waals surface area contributed by atoms with Crippen molar-refractivity contribution in [1.82, 2.24) is 4.90 Å². The van der Waals surface area contributed by atoms with Crippen LogP contribution < -0.4 is 4.74 Å². The van der Waals surface area contributed by atoms with Crippen LogP contribution in [0, 0.1) is 0 Å². The van der Waals surface area contributed by atoms with Crippen LogP contribution >= 0.6 is 0 Å². The second kappa shape index (κ2) is 8.83. The Morgan fingerprint density at radius 3 is 2.72 bits per heavy atom. The Morgan fingerprint density at radius 1 is 1.28 bits per heavy atom. The molecule has 0 bridgehead atoms. The number of phenols is 1. The lowest BCUT2D eigenvalue weighted by atomic mass is 9.94. The Balaban J connectivity index is 2.06. The molecule has 154 valence electrons. The number of aromatic hydroxyl groups is 1. The van der Waals surface area contributed by atoms with Crippen LogP contribution in [0.5, 0.6) is 11.5 Å². The monoisotopic (exact) mass is 401 g/mol. The number of benzene rings is 1. The van der Waals surface area contributed by atoms with E-state index in [1.807, 2.05) is 0 Å². The van der Waals surface area contributed by atoms with E-state index in [9.17, 15) is 19.8 Å². The minimum atomic E-state index is -0.850. The van der Waals surface area contributed by atoms with Crippen molar-refractivity contribution in [2.24, 2.45) is 0 Å². The zero-order chi connectivity index (χ0) is 21.0. The first-order valence-corrected chi connectivity index (χ1v) is 9.26. The number of ketones is 1. The van der Waals surface area contributed by atoms with Crippen molar-refractivity contribution in [3.8, 4) is 11.5 Å². The maximum atomic E-state index is 13.0. The van der Waals surface area contributed by atoms with Crippen molar-refractivity contribution in [3.05, 3.63) is 59.3 Å². The van der Waals surface area contributed by atoms with E-state index in [0.717, 1.165) is 0 Å². The summed E-state index contributed by atoms with van der Waals surface area (Å²) in [6.07, 6.45) is 1.87. The summed E-state index contributed by atoms with van der Waals surface area (Å²) in [7, 11) is 1.55. The van der Waals surface area contributed by atoms with Gasteiger partial charge in [-0.2, -0.15) is 0 Å². The van der Waals surface area contributed by atoms with Gasteiger partial charge < -0.3 is 29.0 Å². The first-order chi connectivity index (χ1) is 14.0. The number of ether oxygens (including phenoxy) is 2. The van der Waals surface area contributed by atoms with Gasteiger partial charge in [-0.15, -0.1) is 0 Å². The van der Waals surface area contributed by atoms with E-state index >= 15 is 0 Å². The molecule has 1 aliphatic rings. The molecule has 8 nitrogen and oxygen atoms in total. The highest BCUT2D eigenvalue weighted by atomic mass is 16.5. The molecule has 2 aromatic rings. The molecule has 1 amide bonds. The van der Waals surface area contributed by atoms with Gasteiger partial charge in [0.05, 0.1) is 24.5 Å². The summed E-state index contributed by atoms with van der Waals surface area (Å²) < 4.78 is 15.7. The van der Waals surface area contributed by atoms with Gasteiger partial charge in [0.25, 0.3) is 5.91 Å². The molecule has 1 atom stereocenters. The Kier molecular flexibility index (Phi) is 6.23. The molecular formula is C21H23NO7. The standard InChI is InChI=1S/C21H23NO7/c1-3-28-16-12-13(7-8-14(16)23)18-17(19(24)15-6-4-11-29-15)20(25)21(26)22(18)9-5-10-27-2/h4,6-8,11-12,18,23,25H,3,5,9-10H2,1-2H3/t18-/m1/s1. The molecule has 29 heavy (non-hydrogen) atoms. The summed E-state index contributed by atoms with van der Waals surface area (Å²) >= 11 is 0. The van der Waals surface area contributed by atoms with Crippen LogP contribution in [0.25, 0.3) is 0 Å². The third kappa shape index (κ3) is 3.97. The number of carbonyl (C=O) groups excluding carboxylic acids is 2. The number of Topliss-reactive ketones (excluding diaryl/α,β-unsaturated/α-hetero) is 1. The highest BCUT2D eigenvalue weighted by Crippen LogP contribution is 2.41. The van der Waals surface area contributed by atoms with Crippen molar-refractivity contribution in [3.63, 3.8) is 0 Å². The molecule has 0 radical (unpaired) electrons. The second-order valence-electron chi connectivity index (χ2n) is 6.48. The van der Waals surface area contributed by atoms with E-state index in [-0.39, 0.29) is 29.4 Å². The number of phenolic OH excluding ortho intramolecular Hbond substituents is 1. The van der Waals surface area contributed by atoms with Gasteiger partial charge in [-0.3, -0.25) is 9.59 Å². The van der Waals surface area contributed by atoms with Gasteiger partial charge in [0.2, 0.25) is 5.78 Å². The Bertz CT molecular complexity index is 917. The van der Waals surface area contributed by atoms with E-state index in [0.29, 0.717) is 25.2 Å². The lowest BCUT2D eigenvalue weighted by Gasteiger charge is -2.27. The lowest BCUT2D eigenvalue weighted by Crippen LogP contribution is -2.32. The number of rotatable bonds is 9. The van der Waals surface area contributed by atoms with Crippen LogP contribution in [0.1, 0.15) is 35.5 Å². The number of carbonyl (C=O) groups is 2. The van der Waals surface area contributed by atoms with Gasteiger partial charge in [-0.25, -0.2) is 0 Å². The molecule has 1 aliphatic heterocycles. The summed E-state index contributed by atoms with van der Waals surface area (Å²) in [5.41, 5.74) is 0.450. The fraction of sp³-hybridized carbons (Fsp3) is 0.333. The molecule has 8 heteroatoms. The first-order valence-electron chi connectivity index (χ1n) is 9.26. The third-order valence-electron chi connectivity index (χ3n) is 4.64. The van der Waals surface area contributed by atoms with Crippen molar-refractivity contribution in [1.29, 1.82) is 0 Å². The van der Waals surface area contributed by atoms with E-state index in [2.05, 4.69) is 0 Å². The molecule has 2 heterocycles. The molecule has 0 spiro atoms. The van der Waals surface area contributed by atoms with Crippen LogP contribution in [0.15, 0.2) is 52.3 Å². The zero-order valence-electron chi connectivity index (χ0n) is 16.3. The predicted molar refractivity (Wildman–Crippen MR) is 103 cm³/mol. The van der Waals surface area contributed by atoms with Crippen LogP contribution in [-0.2, 0) is 9.53 Å². The average molecular weight is 401 g/mol. The first kappa shape index (κ1) is 20.5. The van der Waals surface area contributed by atoms with Gasteiger partial charge in [0.1, 0.15) is 0 Å². The number of aliphatic hydroxyl groups is 1. The lowest BCUT2D eigenvalue weighted by molar-refractivity contribution is -0.129. The van der Waals surface area contributed by atoms with Gasteiger partial charge >= 0.3 is 0 Å². The number of hydrogen-bond donors (Lipinski definition) is 2. The molecule has 3 rings (SSSR count). The van der Waals surface area contributed by atoms with Crippen molar-refractivity contribution < 1.29 is 33.7 Å². The molecule has 0 saturated carbocycles. The van der Waals surface area contributed by atoms with Gasteiger partial charge in [-0.1, -0.05) is 6.07 Å². The van der Waals surface area contributed by atoms with Gasteiger partial charge in [-0.05, 0) is 43.2 Å². The SMILES string of the molecule is CCOc1cc([C@@H]2C(C(=O)c3ccco3)=C(O)C(=O)N2CCCOC)ccc1O. The fourth-order valence-electron chi connectivity index (χ4n) is 3.35. The molecule has 1 aromatic heterocycles. The molecule has 0 aliphatic carbocycles. The van der Waals surface area contributed by atoms with E-state index in [1.54, 1.807) is 32.2 Å². The number of amides is 1. The predicted octanol–water partition coefficient (Wildman–Crippen LogP) is 3.00. The van der Waals surface area contributed by atoms with E-state index in [1.165, 1.54) is 23.3 Å². The zero-order valence-corrected chi connectivity index (χ0v) is 16.3. The molecule has 0 fully saturated rings. The van der Waals surface area contributed by atoms with Crippen LogP contribution in [0.2, 0.25) is 0 Å². The average Bonchev–Trinajstić information content (AvgIpc) is 3.33. The summed E-state index contributed by atoms with van der Waals surface area (Å²) in [6, 6.07) is 6.77. The smallest absolute Gasteiger partial charge is 0.290 e. The van der Waals surface area contributed by atoms with Gasteiger partial charge in [0.15, 0.2) is 23.0 Å². The third-order valence-corrected chi connectivity index (χ3v) is 4.64. The Morgan fingerprint density at radius 2 is 2.07 bits per heavy atom. The summed E-state index contributed by atoms with van der Waals surface area (Å²) in [6.45, 7) is 2.79. The number of hydrogen-bond acceptors (Lipinski definition) is 7. The summed E-state index contributed by atoms with van der Waals surface area (Å²) in [5, 5.41) is 20.5. The largest absolute Gasteiger partial charge is 0.504 e. The van der Waals surface area contributed by atoms with Crippen molar-refractivity contribution >= 4 is 11.7 Å². The fourth-order valence-corrected chi connectivity index (χ4v) is 3.35. The molecule has 0 saturated heterocycles. The molecule has 1 aromatic carbocycles. The minimum Gasteiger partial charge on any atom is -0.504 e.